The summed E-state index contributed by atoms with van der Waals surface area (Å²) in [4.78, 5) is 0. The SMILES string of the molecule is CCc1ccc(C2(Oc3ccc(NCCc4ccc(C(C)(F)C(C)O)cc4)cc3F)CCOCC2)c(CC)c1. The molecule has 1 aliphatic rings. The van der Waals surface area contributed by atoms with E-state index in [2.05, 4.69) is 37.4 Å². The minimum atomic E-state index is -1.79. The summed E-state index contributed by atoms with van der Waals surface area (Å²) in [5.41, 5.74) is 3.38. The molecule has 210 valence electrons. The molecule has 1 saturated heterocycles. The number of anilines is 1. The van der Waals surface area contributed by atoms with E-state index in [9.17, 15) is 9.50 Å². The van der Waals surface area contributed by atoms with Crippen molar-refractivity contribution in [2.24, 2.45) is 0 Å². The highest BCUT2D eigenvalue weighted by atomic mass is 19.1. The second-order valence-corrected chi connectivity index (χ2v) is 10.7. The molecule has 0 aromatic heterocycles. The monoisotopic (exact) mass is 537 g/mol. The fourth-order valence-corrected chi connectivity index (χ4v) is 5.23. The Hall–Kier alpha value is -2.96. The number of ether oxygens (including phenoxy) is 2. The molecule has 0 aliphatic carbocycles. The topological polar surface area (TPSA) is 50.7 Å². The van der Waals surface area contributed by atoms with Gasteiger partial charge in [-0.25, -0.2) is 8.78 Å². The third kappa shape index (κ3) is 6.62. The molecule has 1 heterocycles. The van der Waals surface area contributed by atoms with Crippen LogP contribution < -0.4 is 10.1 Å². The van der Waals surface area contributed by atoms with Crippen LogP contribution >= 0.6 is 0 Å². The van der Waals surface area contributed by atoms with Gasteiger partial charge in [0.25, 0.3) is 0 Å². The molecular weight excluding hydrogens is 496 g/mol. The highest BCUT2D eigenvalue weighted by molar-refractivity contribution is 5.48. The van der Waals surface area contributed by atoms with Crippen LogP contribution in [0.3, 0.4) is 0 Å². The van der Waals surface area contributed by atoms with Gasteiger partial charge in [-0.05, 0) is 73.1 Å². The first-order valence-electron chi connectivity index (χ1n) is 14.1. The first-order valence-corrected chi connectivity index (χ1v) is 14.1. The number of rotatable bonds is 11. The Kier molecular flexibility index (Phi) is 9.29. The third-order valence-corrected chi connectivity index (χ3v) is 8.03. The minimum absolute atomic E-state index is 0.243. The number of hydrogen-bond acceptors (Lipinski definition) is 4. The number of nitrogens with one attached hydrogen (secondary N) is 1. The van der Waals surface area contributed by atoms with Crippen molar-refractivity contribution in [2.75, 3.05) is 25.1 Å². The number of halogens is 2. The summed E-state index contributed by atoms with van der Waals surface area (Å²) in [6.07, 6.45) is 2.79. The van der Waals surface area contributed by atoms with Crippen LogP contribution in [0, 0.1) is 5.82 Å². The van der Waals surface area contributed by atoms with Crippen LogP contribution in [0.15, 0.2) is 60.7 Å². The Morgan fingerprint density at radius 2 is 1.69 bits per heavy atom. The van der Waals surface area contributed by atoms with Crippen LogP contribution in [-0.4, -0.2) is 31.0 Å². The zero-order valence-electron chi connectivity index (χ0n) is 23.5. The lowest BCUT2D eigenvalue weighted by atomic mass is 9.81. The van der Waals surface area contributed by atoms with E-state index in [1.165, 1.54) is 31.0 Å². The fourth-order valence-electron chi connectivity index (χ4n) is 5.23. The molecule has 1 aliphatic heterocycles. The van der Waals surface area contributed by atoms with Crippen molar-refractivity contribution in [1.29, 1.82) is 0 Å². The Bertz CT molecular complexity index is 1230. The van der Waals surface area contributed by atoms with Crippen LogP contribution in [-0.2, 0) is 35.3 Å². The number of alkyl halides is 1. The average Bonchev–Trinajstić information content (AvgIpc) is 2.94. The number of aryl methyl sites for hydroxylation is 2. The average molecular weight is 538 g/mol. The molecular formula is C33H41F2NO3. The van der Waals surface area contributed by atoms with Crippen LogP contribution in [0.4, 0.5) is 14.5 Å². The maximum Gasteiger partial charge on any atom is 0.167 e. The van der Waals surface area contributed by atoms with Crippen molar-refractivity contribution in [2.45, 2.75) is 77.2 Å². The molecule has 2 N–H and O–H groups in total. The Morgan fingerprint density at radius 1 is 1.00 bits per heavy atom. The summed E-state index contributed by atoms with van der Waals surface area (Å²) in [6.45, 7) is 8.86. The molecule has 4 nitrogen and oxygen atoms in total. The second-order valence-electron chi connectivity index (χ2n) is 10.7. The van der Waals surface area contributed by atoms with E-state index in [0.29, 0.717) is 50.3 Å². The molecule has 3 aromatic carbocycles. The largest absolute Gasteiger partial charge is 0.479 e. The molecule has 2 atom stereocenters. The van der Waals surface area contributed by atoms with Gasteiger partial charge < -0.3 is 19.9 Å². The predicted octanol–water partition coefficient (Wildman–Crippen LogP) is 7.26. The van der Waals surface area contributed by atoms with Crippen LogP contribution in [0.2, 0.25) is 0 Å². The third-order valence-electron chi connectivity index (χ3n) is 8.03. The smallest absolute Gasteiger partial charge is 0.167 e. The normalized spacial score (nSPS) is 17.3. The van der Waals surface area contributed by atoms with Gasteiger partial charge in [0.15, 0.2) is 17.2 Å². The zero-order chi connectivity index (χ0) is 28.0. The molecule has 0 radical (unpaired) electrons. The minimum Gasteiger partial charge on any atom is -0.479 e. The number of aliphatic hydroxyl groups is 1. The molecule has 0 bridgehead atoms. The van der Waals surface area contributed by atoms with E-state index in [1.807, 2.05) is 18.2 Å². The quantitative estimate of drug-likeness (QED) is 0.270. The van der Waals surface area contributed by atoms with Crippen molar-refractivity contribution in [1.82, 2.24) is 0 Å². The first-order chi connectivity index (χ1) is 18.7. The first kappa shape index (κ1) is 29.0. The van der Waals surface area contributed by atoms with Crippen molar-refractivity contribution < 1.29 is 23.4 Å². The lowest BCUT2D eigenvalue weighted by Crippen LogP contribution is -2.40. The van der Waals surface area contributed by atoms with Crippen LogP contribution in [0.5, 0.6) is 5.75 Å². The predicted molar refractivity (Wildman–Crippen MR) is 153 cm³/mol. The molecule has 4 rings (SSSR count). The molecule has 1 fully saturated rings. The Labute approximate surface area is 231 Å². The summed E-state index contributed by atoms with van der Waals surface area (Å²) in [5, 5.41) is 13.0. The Balaban J connectivity index is 1.44. The highest BCUT2D eigenvalue weighted by Gasteiger charge is 2.39. The van der Waals surface area contributed by atoms with Gasteiger partial charge >= 0.3 is 0 Å². The maximum atomic E-state index is 15.3. The Morgan fingerprint density at radius 3 is 2.31 bits per heavy atom. The van der Waals surface area contributed by atoms with Gasteiger partial charge in [0, 0.05) is 31.1 Å². The van der Waals surface area contributed by atoms with Gasteiger partial charge in [-0.1, -0.05) is 56.3 Å². The highest BCUT2D eigenvalue weighted by Crippen LogP contribution is 2.40. The number of benzene rings is 3. The number of aliphatic hydroxyl groups excluding tert-OH is 1. The maximum absolute atomic E-state index is 15.3. The summed E-state index contributed by atoms with van der Waals surface area (Å²) in [7, 11) is 0. The van der Waals surface area contributed by atoms with Crippen LogP contribution in [0.1, 0.15) is 68.4 Å². The van der Waals surface area contributed by atoms with E-state index in [1.54, 1.807) is 18.2 Å². The zero-order valence-corrected chi connectivity index (χ0v) is 23.5. The molecule has 3 aromatic rings. The van der Waals surface area contributed by atoms with E-state index in [-0.39, 0.29) is 5.75 Å². The lowest BCUT2D eigenvalue weighted by molar-refractivity contribution is -0.0523. The standard InChI is InChI=1S/C33H41F2NO3/c1-5-24-9-13-29(26(6-2)21-24)33(16-19-38-20-17-33)39-31-14-12-28(22-30(31)34)36-18-15-25-7-10-27(11-8-25)32(4,35)23(3)37/h7-14,21-23,36-37H,5-6,15-20H2,1-4H3. The van der Waals surface area contributed by atoms with E-state index >= 15 is 4.39 Å². The van der Waals surface area contributed by atoms with E-state index in [0.717, 1.165) is 24.0 Å². The van der Waals surface area contributed by atoms with Gasteiger partial charge in [-0.2, -0.15) is 0 Å². The summed E-state index contributed by atoms with van der Waals surface area (Å²) in [5.74, 6) is -0.161. The lowest BCUT2D eigenvalue weighted by Gasteiger charge is -2.39. The van der Waals surface area contributed by atoms with E-state index < -0.39 is 23.2 Å². The molecule has 0 saturated carbocycles. The van der Waals surface area contributed by atoms with Crippen molar-refractivity contribution in [3.8, 4) is 5.75 Å². The van der Waals surface area contributed by atoms with Crippen molar-refractivity contribution >= 4 is 5.69 Å². The summed E-state index contributed by atoms with van der Waals surface area (Å²) in [6, 6.07) is 18.7. The molecule has 6 heteroatoms. The van der Waals surface area contributed by atoms with Gasteiger partial charge in [0.2, 0.25) is 0 Å². The van der Waals surface area contributed by atoms with E-state index in [4.69, 9.17) is 9.47 Å². The summed E-state index contributed by atoms with van der Waals surface area (Å²) >= 11 is 0. The van der Waals surface area contributed by atoms with Crippen LogP contribution in [0.25, 0.3) is 0 Å². The van der Waals surface area contributed by atoms with Crippen molar-refractivity contribution in [3.63, 3.8) is 0 Å². The molecule has 0 spiro atoms. The van der Waals surface area contributed by atoms with Gasteiger partial charge in [0.1, 0.15) is 5.60 Å². The second kappa shape index (κ2) is 12.5. The number of hydrogen-bond donors (Lipinski definition) is 2. The molecule has 39 heavy (non-hydrogen) atoms. The fraction of sp³-hybridized carbons (Fsp3) is 0.455. The van der Waals surface area contributed by atoms with Gasteiger partial charge in [-0.15, -0.1) is 0 Å². The van der Waals surface area contributed by atoms with Gasteiger partial charge in [-0.3, -0.25) is 0 Å². The summed E-state index contributed by atoms with van der Waals surface area (Å²) < 4.78 is 42.1. The molecule has 2 unspecified atom stereocenters. The van der Waals surface area contributed by atoms with Gasteiger partial charge in [0.05, 0.1) is 19.3 Å². The van der Waals surface area contributed by atoms with Crippen molar-refractivity contribution in [3.05, 3.63) is 94.3 Å². The molecule has 0 amide bonds.